The topological polar surface area (TPSA) is 64.2 Å². The van der Waals surface area contributed by atoms with Gasteiger partial charge in [0.1, 0.15) is 16.9 Å². The monoisotopic (exact) mass is 316 g/mol. The van der Waals surface area contributed by atoms with Gasteiger partial charge in [-0.05, 0) is 49.7 Å². The molecule has 2 aromatic heterocycles. The summed E-state index contributed by atoms with van der Waals surface area (Å²) in [5, 5.41) is 0. The molecule has 1 N–H and O–H groups in total. The first-order chi connectivity index (χ1) is 10.5. The van der Waals surface area contributed by atoms with Gasteiger partial charge in [0.25, 0.3) is 10.0 Å². The average Bonchev–Trinajstić information content (AvgIpc) is 3.12. The second-order valence-corrected chi connectivity index (χ2v) is 6.77. The van der Waals surface area contributed by atoms with Crippen molar-refractivity contribution in [3.63, 3.8) is 0 Å². The van der Waals surface area contributed by atoms with Gasteiger partial charge < -0.3 is 8.98 Å². The zero-order chi connectivity index (χ0) is 15.7. The Bertz CT molecular complexity index is 893. The Hall–Kier alpha value is -2.47. The normalized spacial score (nSPS) is 11.5. The summed E-state index contributed by atoms with van der Waals surface area (Å²) in [4.78, 5) is 0.121. The van der Waals surface area contributed by atoms with Crippen LogP contribution in [0.3, 0.4) is 0 Å². The van der Waals surface area contributed by atoms with E-state index in [9.17, 15) is 8.42 Å². The summed E-state index contributed by atoms with van der Waals surface area (Å²) >= 11 is 0. The van der Waals surface area contributed by atoms with Crippen molar-refractivity contribution in [2.75, 3.05) is 4.72 Å². The fraction of sp³-hybridized carbons (Fsp3) is 0.125. The molecule has 0 fully saturated rings. The molecule has 0 aliphatic carbocycles. The van der Waals surface area contributed by atoms with Crippen LogP contribution in [0.25, 0.3) is 5.69 Å². The molecule has 5 nitrogen and oxygen atoms in total. The van der Waals surface area contributed by atoms with Crippen molar-refractivity contribution in [2.24, 2.45) is 0 Å². The number of rotatable bonds is 4. The maximum atomic E-state index is 12.4. The molecule has 3 rings (SSSR count). The zero-order valence-electron chi connectivity index (χ0n) is 12.3. The Balaban J connectivity index is 1.97. The number of hydrogen-bond acceptors (Lipinski definition) is 3. The number of benzene rings is 1. The first-order valence-corrected chi connectivity index (χ1v) is 8.26. The fourth-order valence-electron chi connectivity index (χ4n) is 2.15. The van der Waals surface area contributed by atoms with Gasteiger partial charge in [-0.15, -0.1) is 0 Å². The smallest absolute Gasteiger partial charge is 0.265 e. The van der Waals surface area contributed by atoms with Gasteiger partial charge in [0.05, 0.1) is 5.69 Å². The van der Waals surface area contributed by atoms with Crippen molar-refractivity contribution >= 4 is 15.7 Å². The standard InChI is InChI=1S/C16H16N2O3S/c1-12-5-6-14(18-7-3-4-8-18)10-16(12)17-22(19,20)15-9-13(2)21-11-15/h3-11,17H,1-2H3. The highest BCUT2D eigenvalue weighted by molar-refractivity contribution is 7.92. The van der Waals surface area contributed by atoms with E-state index in [1.807, 2.05) is 48.1 Å². The number of anilines is 1. The number of furan rings is 1. The number of nitrogens with one attached hydrogen (secondary N) is 1. The van der Waals surface area contributed by atoms with Crippen molar-refractivity contribution < 1.29 is 12.8 Å². The van der Waals surface area contributed by atoms with E-state index in [-0.39, 0.29) is 4.90 Å². The Morgan fingerprint density at radius 1 is 1.09 bits per heavy atom. The molecule has 0 atom stereocenters. The van der Waals surface area contributed by atoms with Gasteiger partial charge in [-0.3, -0.25) is 4.72 Å². The van der Waals surface area contributed by atoms with Crippen LogP contribution in [0.1, 0.15) is 11.3 Å². The maximum Gasteiger partial charge on any atom is 0.265 e. The molecule has 0 saturated heterocycles. The summed E-state index contributed by atoms with van der Waals surface area (Å²) < 4.78 is 34.4. The maximum absolute atomic E-state index is 12.4. The summed E-state index contributed by atoms with van der Waals surface area (Å²) in [7, 11) is -3.65. The molecule has 3 aromatic rings. The lowest BCUT2D eigenvalue weighted by molar-refractivity contribution is 0.528. The van der Waals surface area contributed by atoms with Crippen molar-refractivity contribution in [1.29, 1.82) is 0 Å². The molecule has 0 aliphatic heterocycles. The van der Waals surface area contributed by atoms with Crippen LogP contribution in [0.5, 0.6) is 0 Å². The third-order valence-corrected chi connectivity index (χ3v) is 4.71. The van der Waals surface area contributed by atoms with E-state index in [2.05, 4.69) is 4.72 Å². The number of sulfonamides is 1. The average molecular weight is 316 g/mol. The highest BCUT2D eigenvalue weighted by Crippen LogP contribution is 2.24. The molecule has 0 bridgehead atoms. The molecule has 1 aromatic carbocycles. The Morgan fingerprint density at radius 3 is 2.45 bits per heavy atom. The van der Waals surface area contributed by atoms with Crippen LogP contribution in [0.15, 0.2) is 64.4 Å². The Kier molecular flexibility index (Phi) is 3.54. The lowest BCUT2D eigenvalue weighted by atomic mass is 10.2. The fourth-order valence-corrected chi connectivity index (χ4v) is 3.27. The summed E-state index contributed by atoms with van der Waals surface area (Å²) in [5.41, 5.74) is 2.28. The number of nitrogens with zero attached hydrogens (tertiary/aromatic N) is 1. The largest absolute Gasteiger partial charge is 0.468 e. The SMILES string of the molecule is Cc1cc(S(=O)(=O)Nc2cc(-n3cccc3)ccc2C)co1. The van der Waals surface area contributed by atoms with Crippen molar-refractivity contribution in [3.05, 3.63) is 66.4 Å². The minimum absolute atomic E-state index is 0.121. The number of hydrogen-bond donors (Lipinski definition) is 1. The quantitative estimate of drug-likeness (QED) is 0.801. The molecule has 114 valence electrons. The predicted molar refractivity (Wildman–Crippen MR) is 84.8 cm³/mol. The number of aryl methyl sites for hydroxylation is 2. The van der Waals surface area contributed by atoms with Gasteiger partial charge in [0, 0.05) is 18.1 Å². The molecule has 2 heterocycles. The lowest BCUT2D eigenvalue weighted by Crippen LogP contribution is -2.13. The van der Waals surface area contributed by atoms with Crippen LogP contribution in [-0.4, -0.2) is 13.0 Å². The van der Waals surface area contributed by atoms with E-state index < -0.39 is 10.0 Å². The zero-order valence-corrected chi connectivity index (χ0v) is 13.1. The molecular formula is C16H16N2O3S. The molecule has 22 heavy (non-hydrogen) atoms. The molecule has 0 radical (unpaired) electrons. The summed E-state index contributed by atoms with van der Waals surface area (Å²) in [6, 6.07) is 11.0. The van der Waals surface area contributed by atoms with Crippen LogP contribution >= 0.6 is 0 Å². The van der Waals surface area contributed by atoms with Crippen molar-refractivity contribution in [3.8, 4) is 5.69 Å². The van der Waals surface area contributed by atoms with Crippen LogP contribution in [0.4, 0.5) is 5.69 Å². The van der Waals surface area contributed by atoms with E-state index in [0.717, 1.165) is 11.3 Å². The highest BCUT2D eigenvalue weighted by atomic mass is 32.2. The molecule has 6 heteroatoms. The molecule has 0 unspecified atom stereocenters. The summed E-state index contributed by atoms with van der Waals surface area (Å²) in [6.07, 6.45) is 5.05. The Labute approximate surface area is 129 Å². The minimum atomic E-state index is -3.65. The molecule has 0 saturated carbocycles. The van der Waals surface area contributed by atoms with Crippen molar-refractivity contribution in [2.45, 2.75) is 18.7 Å². The molecule has 0 aliphatic rings. The van der Waals surface area contributed by atoms with E-state index in [0.29, 0.717) is 11.4 Å². The third-order valence-electron chi connectivity index (χ3n) is 3.38. The van der Waals surface area contributed by atoms with Gasteiger partial charge in [0.2, 0.25) is 0 Å². The van der Waals surface area contributed by atoms with Gasteiger partial charge in [-0.2, -0.15) is 0 Å². The van der Waals surface area contributed by atoms with Crippen LogP contribution in [0, 0.1) is 13.8 Å². The lowest BCUT2D eigenvalue weighted by Gasteiger charge is -2.12. The van der Waals surface area contributed by atoms with Gasteiger partial charge in [-0.1, -0.05) is 6.07 Å². The van der Waals surface area contributed by atoms with Crippen LogP contribution in [-0.2, 0) is 10.0 Å². The van der Waals surface area contributed by atoms with Gasteiger partial charge in [0.15, 0.2) is 0 Å². The minimum Gasteiger partial charge on any atom is -0.468 e. The van der Waals surface area contributed by atoms with E-state index >= 15 is 0 Å². The molecule has 0 spiro atoms. The first kappa shape index (κ1) is 14.5. The second kappa shape index (κ2) is 5.38. The van der Waals surface area contributed by atoms with Crippen LogP contribution in [0.2, 0.25) is 0 Å². The Morgan fingerprint density at radius 2 is 1.82 bits per heavy atom. The van der Waals surface area contributed by atoms with Gasteiger partial charge in [-0.25, -0.2) is 8.42 Å². The number of aromatic nitrogens is 1. The highest BCUT2D eigenvalue weighted by Gasteiger charge is 2.18. The van der Waals surface area contributed by atoms with E-state index in [4.69, 9.17) is 4.42 Å². The molecule has 0 amide bonds. The first-order valence-electron chi connectivity index (χ1n) is 6.78. The van der Waals surface area contributed by atoms with Gasteiger partial charge >= 0.3 is 0 Å². The summed E-state index contributed by atoms with van der Waals surface area (Å²) in [6.45, 7) is 3.56. The van der Waals surface area contributed by atoms with Crippen LogP contribution < -0.4 is 4.72 Å². The van der Waals surface area contributed by atoms with E-state index in [1.54, 1.807) is 13.0 Å². The third kappa shape index (κ3) is 2.78. The van der Waals surface area contributed by atoms with Crippen molar-refractivity contribution in [1.82, 2.24) is 4.57 Å². The second-order valence-electron chi connectivity index (χ2n) is 5.09. The summed E-state index contributed by atoms with van der Waals surface area (Å²) in [5.74, 6) is 0.554. The van der Waals surface area contributed by atoms with E-state index in [1.165, 1.54) is 12.3 Å². The molecular weight excluding hydrogens is 300 g/mol. The predicted octanol–water partition coefficient (Wildman–Crippen LogP) is 3.49.